The van der Waals surface area contributed by atoms with E-state index in [9.17, 15) is 9.59 Å². The Labute approximate surface area is 247 Å². The Balaban J connectivity index is 1.35. The van der Waals surface area contributed by atoms with E-state index in [0.29, 0.717) is 96.4 Å². The standard InChI is InChI=1S/C29H31N9O5/c1-3-42-28(39)22-18-31-23-16-25(43-14-4-5-26-33-35-36-34-26)24(41-2)15-21(23)27(22)37-10-12-38(13-11-37)29(40)32-20-8-6-19(17-30)7-9-20/h6-9,15-16,18H,3-5,10-14H2,1-2H3,(H,32,40)(H,33,34,35,36). The molecule has 43 heavy (non-hydrogen) atoms. The van der Waals surface area contributed by atoms with Gasteiger partial charge in [0.05, 0.1) is 43.2 Å². The number of ether oxygens (including phenoxy) is 3. The number of aromatic nitrogens is 5. The summed E-state index contributed by atoms with van der Waals surface area (Å²) in [6, 6.07) is 12.1. The number of carbonyl (C=O) groups excluding carboxylic acids is 2. The van der Waals surface area contributed by atoms with Crippen molar-refractivity contribution in [2.45, 2.75) is 19.8 Å². The van der Waals surface area contributed by atoms with Gasteiger partial charge in [-0.2, -0.15) is 5.26 Å². The molecule has 2 amide bonds. The van der Waals surface area contributed by atoms with Gasteiger partial charge in [0.1, 0.15) is 11.4 Å². The van der Waals surface area contributed by atoms with E-state index in [1.54, 1.807) is 49.3 Å². The fraction of sp³-hybridized carbons (Fsp3) is 0.345. The van der Waals surface area contributed by atoms with Crippen LogP contribution in [0, 0.1) is 11.3 Å². The number of carbonyl (C=O) groups is 2. The molecule has 0 bridgehead atoms. The number of tetrazole rings is 1. The minimum Gasteiger partial charge on any atom is -0.493 e. The third-order valence-corrected chi connectivity index (χ3v) is 6.97. The van der Waals surface area contributed by atoms with Crippen LogP contribution in [0.5, 0.6) is 11.5 Å². The summed E-state index contributed by atoms with van der Waals surface area (Å²) in [6.45, 7) is 4.18. The van der Waals surface area contributed by atoms with Gasteiger partial charge in [0.2, 0.25) is 0 Å². The molecule has 0 aliphatic carbocycles. The molecular formula is C29H31N9O5. The van der Waals surface area contributed by atoms with Crippen molar-refractivity contribution in [1.29, 1.82) is 5.26 Å². The number of aromatic amines is 1. The molecule has 1 saturated heterocycles. The van der Waals surface area contributed by atoms with E-state index in [1.165, 1.54) is 6.20 Å². The van der Waals surface area contributed by atoms with Gasteiger partial charge in [-0.05, 0) is 54.1 Å². The van der Waals surface area contributed by atoms with E-state index in [-0.39, 0.29) is 12.6 Å². The maximum absolute atomic E-state index is 13.0. The first-order valence-electron chi connectivity index (χ1n) is 13.8. The van der Waals surface area contributed by atoms with Gasteiger partial charge in [-0.1, -0.05) is 0 Å². The number of H-pyrrole nitrogens is 1. The molecule has 1 aliphatic heterocycles. The van der Waals surface area contributed by atoms with Gasteiger partial charge < -0.3 is 29.3 Å². The number of nitrogens with zero attached hydrogens (tertiary/aromatic N) is 7. The SMILES string of the molecule is CCOC(=O)c1cnc2cc(OCCCc3nnn[nH]3)c(OC)cc2c1N1CCN(C(=O)Nc2ccc(C#N)cc2)CC1. The molecule has 4 aromatic rings. The Kier molecular flexibility index (Phi) is 9.11. The molecule has 2 aromatic carbocycles. The van der Waals surface area contributed by atoms with Gasteiger partial charge in [0.25, 0.3) is 0 Å². The van der Waals surface area contributed by atoms with Gasteiger partial charge in [0, 0.05) is 55.9 Å². The Morgan fingerprint density at radius 1 is 1.12 bits per heavy atom. The topological polar surface area (TPSA) is 171 Å². The number of amides is 2. The largest absolute Gasteiger partial charge is 0.493 e. The van der Waals surface area contributed by atoms with E-state index in [4.69, 9.17) is 19.5 Å². The van der Waals surface area contributed by atoms with Crippen LogP contribution in [0.15, 0.2) is 42.6 Å². The summed E-state index contributed by atoms with van der Waals surface area (Å²) in [4.78, 5) is 34.3. The zero-order valence-corrected chi connectivity index (χ0v) is 23.9. The van der Waals surface area contributed by atoms with Crippen molar-refractivity contribution in [3.05, 3.63) is 59.5 Å². The van der Waals surface area contributed by atoms with E-state index in [0.717, 1.165) is 0 Å². The van der Waals surface area contributed by atoms with Crippen molar-refractivity contribution in [2.24, 2.45) is 0 Å². The Bertz CT molecular complexity index is 1610. The minimum atomic E-state index is -0.478. The monoisotopic (exact) mass is 585 g/mol. The second-order valence-electron chi connectivity index (χ2n) is 9.65. The highest BCUT2D eigenvalue weighted by molar-refractivity contribution is 6.06. The average molecular weight is 586 g/mol. The molecule has 2 N–H and O–H groups in total. The molecule has 1 aliphatic rings. The number of anilines is 2. The number of urea groups is 1. The van der Waals surface area contributed by atoms with Crippen LogP contribution in [0.2, 0.25) is 0 Å². The molecule has 0 saturated carbocycles. The number of nitrogens with one attached hydrogen (secondary N) is 2. The predicted octanol–water partition coefficient (Wildman–Crippen LogP) is 3.17. The number of methoxy groups -OCH3 is 1. The van der Waals surface area contributed by atoms with Crippen LogP contribution < -0.4 is 19.7 Å². The Hall–Kier alpha value is -5.45. The number of nitriles is 1. The highest BCUT2D eigenvalue weighted by Gasteiger charge is 2.28. The van der Waals surface area contributed by atoms with Crippen LogP contribution in [0.3, 0.4) is 0 Å². The second kappa shape index (κ2) is 13.5. The number of esters is 1. The van der Waals surface area contributed by atoms with Gasteiger partial charge in [-0.3, -0.25) is 4.98 Å². The number of aryl methyl sites for hydroxylation is 1. The molecule has 5 rings (SSSR count). The fourth-order valence-corrected chi connectivity index (χ4v) is 4.83. The first-order chi connectivity index (χ1) is 21.0. The summed E-state index contributed by atoms with van der Waals surface area (Å²) in [5.74, 6) is 1.23. The Morgan fingerprint density at radius 2 is 1.91 bits per heavy atom. The molecule has 0 atom stereocenters. The van der Waals surface area contributed by atoms with E-state index >= 15 is 0 Å². The summed E-state index contributed by atoms with van der Waals surface area (Å²) in [7, 11) is 1.56. The molecule has 14 nitrogen and oxygen atoms in total. The van der Waals surface area contributed by atoms with E-state index in [1.807, 2.05) is 6.07 Å². The normalized spacial score (nSPS) is 13.0. The first kappa shape index (κ1) is 29.1. The molecule has 0 radical (unpaired) electrons. The van der Waals surface area contributed by atoms with Crippen LogP contribution in [-0.4, -0.2) is 89.0 Å². The van der Waals surface area contributed by atoms with Crippen LogP contribution in [0.25, 0.3) is 10.9 Å². The fourth-order valence-electron chi connectivity index (χ4n) is 4.83. The summed E-state index contributed by atoms with van der Waals surface area (Å²) in [6.07, 6.45) is 2.83. The predicted molar refractivity (Wildman–Crippen MR) is 156 cm³/mol. The summed E-state index contributed by atoms with van der Waals surface area (Å²) in [5.41, 5.74) is 2.75. The van der Waals surface area contributed by atoms with E-state index < -0.39 is 5.97 Å². The van der Waals surface area contributed by atoms with Crippen molar-refractivity contribution in [2.75, 3.05) is 56.7 Å². The lowest BCUT2D eigenvalue weighted by Crippen LogP contribution is -2.50. The zero-order valence-electron chi connectivity index (χ0n) is 23.9. The van der Waals surface area contributed by atoms with Gasteiger partial charge in [-0.15, -0.1) is 5.10 Å². The van der Waals surface area contributed by atoms with Gasteiger partial charge in [0.15, 0.2) is 11.5 Å². The van der Waals surface area contributed by atoms with E-state index in [2.05, 4.69) is 41.9 Å². The maximum atomic E-state index is 13.0. The highest BCUT2D eigenvalue weighted by Crippen LogP contribution is 2.38. The van der Waals surface area contributed by atoms with Crippen LogP contribution in [-0.2, 0) is 11.2 Å². The van der Waals surface area contributed by atoms with Crippen molar-refractivity contribution < 1.29 is 23.8 Å². The summed E-state index contributed by atoms with van der Waals surface area (Å²) in [5, 5.41) is 26.3. The lowest BCUT2D eigenvalue weighted by molar-refractivity contribution is 0.0526. The quantitative estimate of drug-likeness (QED) is 0.207. The Morgan fingerprint density at radius 3 is 2.58 bits per heavy atom. The smallest absolute Gasteiger partial charge is 0.341 e. The van der Waals surface area contributed by atoms with Gasteiger partial charge in [-0.25, -0.2) is 14.7 Å². The highest BCUT2D eigenvalue weighted by atomic mass is 16.5. The third-order valence-electron chi connectivity index (χ3n) is 6.97. The van der Waals surface area contributed by atoms with Crippen LogP contribution in [0.1, 0.15) is 35.1 Å². The summed E-state index contributed by atoms with van der Waals surface area (Å²) < 4.78 is 17.0. The van der Waals surface area contributed by atoms with Crippen LogP contribution in [0.4, 0.5) is 16.2 Å². The number of pyridine rings is 1. The first-order valence-corrected chi connectivity index (χ1v) is 13.8. The number of piperazine rings is 1. The lowest BCUT2D eigenvalue weighted by atomic mass is 10.1. The molecule has 14 heteroatoms. The van der Waals surface area contributed by atoms with Crippen molar-refractivity contribution >= 4 is 34.3 Å². The number of fused-ring (bicyclic) bond motifs is 1. The molecule has 3 heterocycles. The van der Waals surface area contributed by atoms with Crippen molar-refractivity contribution in [3.63, 3.8) is 0 Å². The molecule has 222 valence electrons. The number of hydrogen-bond donors (Lipinski definition) is 2. The summed E-state index contributed by atoms with van der Waals surface area (Å²) >= 11 is 0. The number of rotatable bonds is 10. The maximum Gasteiger partial charge on any atom is 0.341 e. The lowest BCUT2D eigenvalue weighted by Gasteiger charge is -2.37. The number of benzene rings is 2. The van der Waals surface area contributed by atoms with Crippen molar-refractivity contribution in [3.8, 4) is 17.6 Å². The molecule has 1 fully saturated rings. The molecular weight excluding hydrogens is 554 g/mol. The molecule has 2 aromatic heterocycles. The third kappa shape index (κ3) is 6.72. The second-order valence-corrected chi connectivity index (χ2v) is 9.65. The molecule has 0 spiro atoms. The molecule has 0 unspecified atom stereocenters. The van der Waals surface area contributed by atoms with Gasteiger partial charge >= 0.3 is 12.0 Å². The van der Waals surface area contributed by atoms with Crippen molar-refractivity contribution in [1.82, 2.24) is 30.5 Å². The minimum absolute atomic E-state index is 0.222. The van der Waals surface area contributed by atoms with Crippen LogP contribution >= 0.6 is 0 Å². The average Bonchev–Trinajstić information content (AvgIpc) is 3.56. The zero-order chi connectivity index (χ0) is 30.2. The number of hydrogen-bond acceptors (Lipinski definition) is 11.